The summed E-state index contributed by atoms with van der Waals surface area (Å²) in [5.74, 6) is 0.209. The molecule has 76 valence electrons. The van der Waals surface area contributed by atoms with E-state index >= 15 is 0 Å². The van der Waals surface area contributed by atoms with Crippen LogP contribution in [0.15, 0.2) is 0 Å². The van der Waals surface area contributed by atoms with Crippen LogP contribution >= 0.6 is 0 Å². The highest BCUT2D eigenvalue weighted by molar-refractivity contribution is 5.76. The van der Waals surface area contributed by atoms with Crippen molar-refractivity contribution in [3.8, 4) is 0 Å². The predicted molar refractivity (Wildman–Crippen MR) is 50.3 cm³/mol. The minimum atomic E-state index is 0.116. The molecule has 0 aromatic rings. The molecule has 4 nitrogen and oxygen atoms in total. The second-order valence-corrected chi connectivity index (χ2v) is 3.51. The molecule has 0 radical (unpaired) electrons. The molecule has 2 N–H and O–H groups in total. The van der Waals surface area contributed by atoms with E-state index < -0.39 is 0 Å². The molecule has 13 heavy (non-hydrogen) atoms. The van der Waals surface area contributed by atoms with Gasteiger partial charge in [0.1, 0.15) is 0 Å². The van der Waals surface area contributed by atoms with Gasteiger partial charge >= 0.3 is 0 Å². The van der Waals surface area contributed by atoms with Crippen molar-refractivity contribution in [1.29, 1.82) is 0 Å². The normalized spacial score (nSPS) is 20.0. The Labute approximate surface area is 79.0 Å². The van der Waals surface area contributed by atoms with Gasteiger partial charge in [-0.25, -0.2) is 0 Å². The summed E-state index contributed by atoms with van der Waals surface area (Å²) in [5, 5.41) is 0. The van der Waals surface area contributed by atoms with Gasteiger partial charge in [0.25, 0.3) is 0 Å². The molecule has 1 heterocycles. The van der Waals surface area contributed by atoms with Crippen LogP contribution in [0.3, 0.4) is 0 Å². The standard InChI is InChI=1S/C9H18N2O2/c1-8(10)2-3-9(12)11-4-6-13-7-5-11/h8H,2-7,10H2,1H3. The van der Waals surface area contributed by atoms with Crippen molar-refractivity contribution in [2.24, 2.45) is 5.73 Å². The molecule has 1 aliphatic rings. The minimum Gasteiger partial charge on any atom is -0.378 e. The monoisotopic (exact) mass is 186 g/mol. The second kappa shape index (κ2) is 5.19. The Kier molecular flexibility index (Phi) is 4.18. The SMILES string of the molecule is CC(N)CCC(=O)N1CCOCC1. The van der Waals surface area contributed by atoms with E-state index in [1.165, 1.54) is 0 Å². The van der Waals surface area contributed by atoms with Crippen LogP contribution in [0.5, 0.6) is 0 Å². The van der Waals surface area contributed by atoms with Crippen molar-refractivity contribution in [2.45, 2.75) is 25.8 Å². The van der Waals surface area contributed by atoms with E-state index in [4.69, 9.17) is 10.5 Å². The van der Waals surface area contributed by atoms with Gasteiger partial charge in [0.15, 0.2) is 0 Å². The summed E-state index contributed by atoms with van der Waals surface area (Å²) in [6, 6.07) is 0.116. The fourth-order valence-electron chi connectivity index (χ4n) is 1.32. The molecule has 0 spiro atoms. The number of carbonyl (C=O) groups is 1. The van der Waals surface area contributed by atoms with E-state index in [9.17, 15) is 4.79 Å². The number of rotatable bonds is 3. The molecule has 1 unspecified atom stereocenters. The molecule has 1 fully saturated rings. The number of morpholine rings is 1. The first-order chi connectivity index (χ1) is 6.20. The number of nitrogens with two attached hydrogens (primary N) is 1. The van der Waals surface area contributed by atoms with Gasteiger partial charge in [-0.1, -0.05) is 0 Å². The van der Waals surface area contributed by atoms with Crippen molar-refractivity contribution < 1.29 is 9.53 Å². The molecule has 1 aliphatic heterocycles. The lowest BCUT2D eigenvalue weighted by Gasteiger charge is -2.27. The zero-order chi connectivity index (χ0) is 9.68. The summed E-state index contributed by atoms with van der Waals surface area (Å²) in [5.41, 5.74) is 5.57. The summed E-state index contributed by atoms with van der Waals surface area (Å²) in [4.78, 5) is 13.4. The molecule has 4 heteroatoms. The Morgan fingerprint density at radius 2 is 2.15 bits per heavy atom. The quantitative estimate of drug-likeness (QED) is 0.673. The zero-order valence-corrected chi connectivity index (χ0v) is 8.16. The maximum atomic E-state index is 11.5. The van der Waals surface area contributed by atoms with Gasteiger partial charge in [-0.15, -0.1) is 0 Å². The number of amides is 1. The van der Waals surface area contributed by atoms with Crippen LogP contribution in [0.2, 0.25) is 0 Å². The lowest BCUT2D eigenvalue weighted by Crippen LogP contribution is -2.41. The number of hydrogen-bond acceptors (Lipinski definition) is 3. The van der Waals surface area contributed by atoms with E-state index in [0.29, 0.717) is 19.6 Å². The highest BCUT2D eigenvalue weighted by atomic mass is 16.5. The van der Waals surface area contributed by atoms with Crippen LogP contribution in [-0.2, 0) is 9.53 Å². The zero-order valence-electron chi connectivity index (χ0n) is 8.16. The van der Waals surface area contributed by atoms with E-state index in [2.05, 4.69) is 0 Å². The summed E-state index contributed by atoms with van der Waals surface area (Å²) in [7, 11) is 0. The van der Waals surface area contributed by atoms with Crippen molar-refractivity contribution in [1.82, 2.24) is 4.90 Å². The predicted octanol–water partition coefficient (Wildman–Crippen LogP) is -0.0274. The Bertz CT molecular complexity index is 165. The largest absolute Gasteiger partial charge is 0.378 e. The summed E-state index contributed by atoms with van der Waals surface area (Å²) >= 11 is 0. The Morgan fingerprint density at radius 3 is 2.69 bits per heavy atom. The Balaban J connectivity index is 2.21. The minimum absolute atomic E-state index is 0.116. The first-order valence-corrected chi connectivity index (χ1v) is 4.81. The van der Waals surface area contributed by atoms with E-state index in [-0.39, 0.29) is 11.9 Å². The fourth-order valence-corrected chi connectivity index (χ4v) is 1.32. The molecule has 0 aromatic heterocycles. The molecular weight excluding hydrogens is 168 g/mol. The maximum Gasteiger partial charge on any atom is 0.222 e. The molecular formula is C9H18N2O2. The number of hydrogen-bond donors (Lipinski definition) is 1. The van der Waals surface area contributed by atoms with Gasteiger partial charge in [-0.3, -0.25) is 4.79 Å². The second-order valence-electron chi connectivity index (χ2n) is 3.51. The Hall–Kier alpha value is -0.610. The van der Waals surface area contributed by atoms with E-state index in [0.717, 1.165) is 19.5 Å². The number of nitrogens with zero attached hydrogens (tertiary/aromatic N) is 1. The molecule has 0 saturated carbocycles. The van der Waals surface area contributed by atoms with E-state index in [1.807, 2.05) is 11.8 Å². The van der Waals surface area contributed by atoms with Crippen molar-refractivity contribution >= 4 is 5.91 Å². The molecule has 0 aliphatic carbocycles. The van der Waals surface area contributed by atoms with Gasteiger partial charge in [0.2, 0.25) is 5.91 Å². The van der Waals surface area contributed by atoms with Crippen LogP contribution in [0, 0.1) is 0 Å². The van der Waals surface area contributed by atoms with Crippen molar-refractivity contribution in [2.75, 3.05) is 26.3 Å². The first kappa shape index (κ1) is 10.5. The first-order valence-electron chi connectivity index (χ1n) is 4.81. The third-order valence-electron chi connectivity index (χ3n) is 2.18. The molecule has 0 aromatic carbocycles. The van der Waals surface area contributed by atoms with Crippen LogP contribution in [0.1, 0.15) is 19.8 Å². The van der Waals surface area contributed by atoms with Crippen LogP contribution < -0.4 is 5.73 Å². The average molecular weight is 186 g/mol. The maximum absolute atomic E-state index is 11.5. The van der Waals surface area contributed by atoms with Gasteiger partial charge in [-0.2, -0.15) is 0 Å². The topological polar surface area (TPSA) is 55.6 Å². The molecule has 1 amide bonds. The van der Waals surface area contributed by atoms with Crippen LogP contribution in [0.4, 0.5) is 0 Å². The average Bonchev–Trinajstić information content (AvgIpc) is 2.15. The van der Waals surface area contributed by atoms with Gasteiger partial charge < -0.3 is 15.4 Å². The van der Waals surface area contributed by atoms with E-state index in [1.54, 1.807) is 0 Å². The number of carbonyl (C=O) groups excluding carboxylic acids is 1. The highest BCUT2D eigenvalue weighted by Crippen LogP contribution is 2.03. The number of ether oxygens (including phenoxy) is 1. The summed E-state index contributed by atoms with van der Waals surface area (Å²) in [6.07, 6.45) is 1.34. The van der Waals surface area contributed by atoms with Crippen molar-refractivity contribution in [3.05, 3.63) is 0 Å². The smallest absolute Gasteiger partial charge is 0.222 e. The van der Waals surface area contributed by atoms with Crippen LogP contribution in [0.25, 0.3) is 0 Å². The Morgan fingerprint density at radius 1 is 1.54 bits per heavy atom. The molecule has 0 bridgehead atoms. The lowest BCUT2D eigenvalue weighted by atomic mass is 10.2. The molecule has 1 saturated heterocycles. The molecule has 1 rings (SSSR count). The fraction of sp³-hybridized carbons (Fsp3) is 0.889. The third kappa shape index (κ3) is 3.74. The molecule has 1 atom stereocenters. The van der Waals surface area contributed by atoms with Gasteiger partial charge in [-0.05, 0) is 13.3 Å². The third-order valence-corrected chi connectivity index (χ3v) is 2.18. The van der Waals surface area contributed by atoms with Crippen LogP contribution in [-0.4, -0.2) is 43.2 Å². The lowest BCUT2D eigenvalue weighted by molar-refractivity contribution is -0.135. The summed E-state index contributed by atoms with van der Waals surface area (Å²) < 4.78 is 5.16. The highest BCUT2D eigenvalue weighted by Gasteiger charge is 2.16. The van der Waals surface area contributed by atoms with Gasteiger partial charge in [0, 0.05) is 25.6 Å². The summed E-state index contributed by atoms with van der Waals surface area (Å²) in [6.45, 7) is 4.73. The van der Waals surface area contributed by atoms with Crippen molar-refractivity contribution in [3.63, 3.8) is 0 Å². The van der Waals surface area contributed by atoms with Gasteiger partial charge in [0.05, 0.1) is 13.2 Å².